The number of rotatable bonds is 8. The third-order valence-corrected chi connectivity index (χ3v) is 7.54. The molecule has 198 valence electrons. The molecule has 4 rings (SSSR count). The van der Waals surface area contributed by atoms with Gasteiger partial charge in [-0.05, 0) is 47.2 Å². The molecule has 0 bridgehead atoms. The number of ether oxygens (including phenoxy) is 1. The van der Waals surface area contributed by atoms with E-state index in [0.717, 1.165) is 26.1 Å². The van der Waals surface area contributed by atoms with Gasteiger partial charge in [-0.25, -0.2) is 9.59 Å². The number of carbonyl (C=O) groups excluding carboxylic acids is 1. The van der Waals surface area contributed by atoms with E-state index in [1.165, 1.54) is 23.0 Å². The van der Waals surface area contributed by atoms with Crippen LogP contribution in [-0.2, 0) is 29.5 Å². The van der Waals surface area contributed by atoms with Gasteiger partial charge in [0, 0.05) is 23.5 Å². The second kappa shape index (κ2) is 11.0. The van der Waals surface area contributed by atoms with Gasteiger partial charge in [-0.1, -0.05) is 60.7 Å². The number of fused-ring (bicyclic) bond motifs is 1. The smallest absolute Gasteiger partial charge is 0.459 e. The quantitative estimate of drug-likeness (QED) is 0.201. The average molecular weight is 563 g/mol. The second-order valence-corrected chi connectivity index (χ2v) is 9.94. The molecule has 0 aliphatic rings. The molecule has 0 saturated carbocycles. The fraction of sp³-hybridized carbons (Fsp3) is 0.222. The van der Waals surface area contributed by atoms with E-state index >= 15 is 0 Å². The van der Waals surface area contributed by atoms with E-state index in [2.05, 4.69) is 11.3 Å². The van der Waals surface area contributed by atoms with E-state index in [0.29, 0.717) is 27.2 Å². The fourth-order valence-electron chi connectivity index (χ4n) is 4.07. The van der Waals surface area contributed by atoms with Gasteiger partial charge in [0.15, 0.2) is 0 Å². The van der Waals surface area contributed by atoms with Gasteiger partial charge in [0.2, 0.25) is 0 Å². The summed E-state index contributed by atoms with van der Waals surface area (Å²) < 4.78 is 43.7. The van der Waals surface area contributed by atoms with Crippen LogP contribution in [0.15, 0.2) is 64.7 Å². The average Bonchev–Trinajstić information content (AvgIpc) is 3.26. The number of aromatic nitrogens is 2. The van der Waals surface area contributed by atoms with Crippen molar-refractivity contribution in [3.8, 4) is 10.4 Å². The van der Waals surface area contributed by atoms with Gasteiger partial charge in [-0.3, -0.25) is 13.9 Å². The Hall–Kier alpha value is -3.63. The number of nitrogens with zero attached hydrogens (tertiary/aromatic N) is 2. The van der Waals surface area contributed by atoms with Crippen molar-refractivity contribution in [2.24, 2.45) is 7.05 Å². The number of hydrogen-bond acceptors (Lipinski definition) is 5. The van der Waals surface area contributed by atoms with Crippen LogP contribution < -0.4 is 11.2 Å². The maximum absolute atomic E-state index is 13.6. The standard InChI is InChI=1S/C27H22ClF3N2O4S/c1-3-16-8-10-17(11-9-16)14-20-21-23(34)33(12-5-13-37-25(35)27(29,30)31)26(36)32(2)24(21)38-22(20)18-6-4-7-19(28)15-18/h3-4,6-11,15H,1,5,12-14H2,2H3. The molecule has 0 aliphatic carbocycles. The Bertz CT molecular complexity index is 1640. The van der Waals surface area contributed by atoms with Crippen LogP contribution >= 0.6 is 22.9 Å². The molecular formula is C27H22ClF3N2O4S. The van der Waals surface area contributed by atoms with Crippen molar-refractivity contribution in [3.05, 3.63) is 97.7 Å². The van der Waals surface area contributed by atoms with E-state index in [1.807, 2.05) is 30.3 Å². The van der Waals surface area contributed by atoms with Gasteiger partial charge < -0.3 is 4.74 Å². The van der Waals surface area contributed by atoms with Crippen molar-refractivity contribution in [3.63, 3.8) is 0 Å². The van der Waals surface area contributed by atoms with Crippen LogP contribution in [0.25, 0.3) is 26.7 Å². The first-order valence-corrected chi connectivity index (χ1v) is 12.7. The highest BCUT2D eigenvalue weighted by atomic mass is 35.5. The van der Waals surface area contributed by atoms with Gasteiger partial charge in [-0.15, -0.1) is 11.3 Å². The van der Waals surface area contributed by atoms with Crippen LogP contribution in [-0.4, -0.2) is 27.9 Å². The van der Waals surface area contributed by atoms with Crippen LogP contribution in [0.5, 0.6) is 0 Å². The molecule has 0 aliphatic heterocycles. The number of hydrogen-bond donors (Lipinski definition) is 0. The van der Waals surface area contributed by atoms with Crippen LogP contribution in [0.3, 0.4) is 0 Å². The Morgan fingerprint density at radius 2 is 1.87 bits per heavy atom. The van der Waals surface area contributed by atoms with Gasteiger partial charge in [0.05, 0.1) is 12.0 Å². The minimum atomic E-state index is -5.11. The molecule has 0 N–H and O–H groups in total. The molecule has 38 heavy (non-hydrogen) atoms. The molecule has 2 heterocycles. The predicted molar refractivity (Wildman–Crippen MR) is 143 cm³/mol. The molecular weight excluding hydrogens is 541 g/mol. The number of halogens is 4. The SMILES string of the molecule is C=Cc1ccc(Cc2c(-c3cccc(Cl)c3)sc3c2c(=O)n(CCCOC(=O)C(F)(F)F)c(=O)n3C)cc1. The minimum absolute atomic E-state index is 0.147. The van der Waals surface area contributed by atoms with E-state index in [9.17, 15) is 27.6 Å². The zero-order valence-corrected chi connectivity index (χ0v) is 21.8. The number of benzene rings is 2. The lowest BCUT2D eigenvalue weighted by molar-refractivity contribution is -0.199. The molecule has 2 aromatic heterocycles. The van der Waals surface area contributed by atoms with Crippen molar-refractivity contribution in [1.82, 2.24) is 9.13 Å². The lowest BCUT2D eigenvalue weighted by Crippen LogP contribution is -2.39. The first-order valence-electron chi connectivity index (χ1n) is 11.5. The third kappa shape index (κ3) is 5.61. The first kappa shape index (κ1) is 27.4. The van der Waals surface area contributed by atoms with Crippen LogP contribution in [0.1, 0.15) is 23.1 Å². The molecule has 0 saturated heterocycles. The lowest BCUT2D eigenvalue weighted by Gasteiger charge is -2.11. The normalized spacial score (nSPS) is 11.6. The molecule has 0 atom stereocenters. The van der Waals surface area contributed by atoms with Gasteiger partial charge in [0.1, 0.15) is 4.83 Å². The summed E-state index contributed by atoms with van der Waals surface area (Å²) in [6.45, 7) is 2.95. The van der Waals surface area contributed by atoms with Crippen molar-refractivity contribution in [2.45, 2.75) is 25.6 Å². The minimum Gasteiger partial charge on any atom is -0.459 e. The Kier molecular flexibility index (Phi) is 7.94. The summed E-state index contributed by atoms with van der Waals surface area (Å²) >= 11 is 7.53. The summed E-state index contributed by atoms with van der Waals surface area (Å²) in [4.78, 5) is 38.9. The van der Waals surface area contributed by atoms with E-state index in [4.69, 9.17) is 11.6 Å². The number of alkyl halides is 3. The van der Waals surface area contributed by atoms with E-state index in [1.54, 1.807) is 24.3 Å². The predicted octanol–water partition coefficient (Wildman–Crippen LogP) is 5.81. The molecule has 0 fully saturated rings. The summed E-state index contributed by atoms with van der Waals surface area (Å²) in [7, 11) is 1.53. The maximum atomic E-state index is 13.6. The molecule has 0 amide bonds. The number of aryl methyl sites for hydroxylation is 1. The second-order valence-electron chi connectivity index (χ2n) is 8.51. The monoisotopic (exact) mass is 562 g/mol. The van der Waals surface area contributed by atoms with Crippen molar-refractivity contribution >= 4 is 45.2 Å². The molecule has 4 aromatic rings. The highest BCUT2D eigenvalue weighted by molar-refractivity contribution is 7.22. The summed E-state index contributed by atoms with van der Waals surface area (Å²) in [5, 5.41) is 0.855. The fourth-order valence-corrected chi connectivity index (χ4v) is 5.53. The Labute approximate surface area is 224 Å². The van der Waals surface area contributed by atoms with Crippen LogP contribution in [0, 0.1) is 0 Å². The highest BCUT2D eigenvalue weighted by Gasteiger charge is 2.40. The maximum Gasteiger partial charge on any atom is 0.490 e. The van der Waals surface area contributed by atoms with Gasteiger partial charge in [-0.2, -0.15) is 13.2 Å². The Balaban J connectivity index is 1.81. The summed E-state index contributed by atoms with van der Waals surface area (Å²) in [6.07, 6.45) is -3.15. The largest absolute Gasteiger partial charge is 0.490 e. The first-order chi connectivity index (χ1) is 18.0. The van der Waals surface area contributed by atoms with Crippen molar-refractivity contribution < 1.29 is 22.7 Å². The third-order valence-electron chi connectivity index (χ3n) is 5.94. The highest BCUT2D eigenvalue weighted by Crippen LogP contribution is 2.38. The summed E-state index contributed by atoms with van der Waals surface area (Å²) in [5.74, 6) is -2.32. The molecule has 11 heteroatoms. The number of thiophene rings is 1. The molecule has 0 unspecified atom stereocenters. The molecule has 0 spiro atoms. The van der Waals surface area contributed by atoms with Crippen molar-refractivity contribution in [1.29, 1.82) is 0 Å². The number of esters is 1. The van der Waals surface area contributed by atoms with Gasteiger partial charge in [0.25, 0.3) is 5.56 Å². The number of carbonyl (C=O) groups is 1. The zero-order chi connectivity index (χ0) is 27.6. The van der Waals surface area contributed by atoms with Crippen LogP contribution in [0.2, 0.25) is 5.02 Å². The Morgan fingerprint density at radius 3 is 2.50 bits per heavy atom. The molecule has 2 aromatic carbocycles. The summed E-state index contributed by atoms with van der Waals surface area (Å²) in [5.41, 5.74) is 2.18. The zero-order valence-electron chi connectivity index (χ0n) is 20.2. The van der Waals surface area contributed by atoms with E-state index < -0.39 is 30.0 Å². The topological polar surface area (TPSA) is 70.3 Å². The molecule has 6 nitrogen and oxygen atoms in total. The Morgan fingerprint density at radius 1 is 1.16 bits per heavy atom. The summed E-state index contributed by atoms with van der Waals surface area (Å²) in [6, 6.07) is 14.9. The lowest BCUT2D eigenvalue weighted by atomic mass is 9.99. The van der Waals surface area contributed by atoms with Gasteiger partial charge >= 0.3 is 17.8 Å². The van der Waals surface area contributed by atoms with Crippen molar-refractivity contribution in [2.75, 3.05) is 6.61 Å². The van der Waals surface area contributed by atoms with E-state index in [-0.39, 0.29) is 13.0 Å². The molecule has 0 radical (unpaired) electrons. The van der Waals surface area contributed by atoms with Crippen LogP contribution in [0.4, 0.5) is 13.2 Å².